The maximum Gasteiger partial charge on any atom is 0.411 e. The van der Waals surface area contributed by atoms with Crippen LogP contribution in [0.15, 0.2) is 66.2 Å². The third-order valence-corrected chi connectivity index (χ3v) is 9.99. The lowest BCUT2D eigenvalue weighted by atomic mass is 9.79. The molecule has 1 aliphatic rings. The van der Waals surface area contributed by atoms with Crippen molar-refractivity contribution in [2.24, 2.45) is 0 Å². The Balaban J connectivity index is 1.37. The molecule has 1 aromatic heterocycles. The lowest BCUT2D eigenvalue weighted by Crippen LogP contribution is -2.54. The van der Waals surface area contributed by atoms with Gasteiger partial charge in [0.1, 0.15) is 29.4 Å². The van der Waals surface area contributed by atoms with E-state index in [1.165, 1.54) is 24.5 Å². The quantitative estimate of drug-likeness (QED) is 0.0589. The van der Waals surface area contributed by atoms with Crippen LogP contribution in [0.25, 0.3) is 11.1 Å². The number of carbonyl (C=O) groups excluding carboxylic acids is 4. The van der Waals surface area contributed by atoms with Crippen LogP contribution in [0.3, 0.4) is 0 Å². The number of benzene rings is 3. The molecule has 62 heavy (non-hydrogen) atoms. The topological polar surface area (TPSA) is 173 Å². The third kappa shape index (κ3) is 13.4. The van der Waals surface area contributed by atoms with Gasteiger partial charge >= 0.3 is 18.2 Å². The van der Waals surface area contributed by atoms with Crippen LogP contribution in [-0.4, -0.2) is 98.4 Å². The summed E-state index contributed by atoms with van der Waals surface area (Å²) in [6, 6.07) is 14.3. The fourth-order valence-corrected chi connectivity index (χ4v) is 7.13. The van der Waals surface area contributed by atoms with Gasteiger partial charge in [-0.15, -0.1) is 11.3 Å². The van der Waals surface area contributed by atoms with Crippen molar-refractivity contribution in [1.29, 1.82) is 0 Å². The van der Waals surface area contributed by atoms with Gasteiger partial charge in [0.05, 0.1) is 51.1 Å². The van der Waals surface area contributed by atoms with Gasteiger partial charge in [0.15, 0.2) is 16.6 Å². The summed E-state index contributed by atoms with van der Waals surface area (Å²) in [4.78, 5) is 56.9. The first-order valence-electron chi connectivity index (χ1n) is 20.1. The molecule has 17 heteroatoms. The van der Waals surface area contributed by atoms with Crippen molar-refractivity contribution in [1.82, 2.24) is 15.2 Å². The Morgan fingerprint density at radius 1 is 0.871 bits per heavy atom. The number of rotatable bonds is 17. The number of esters is 1. The largest absolute Gasteiger partial charge is 0.487 e. The standard InChI is InChI=1S/C45H55FN4O11S/c1-43(2,3)60-41(53)48-16-19-56-20-21-57-22-23-58-36-25-31-15-18-50(42(54)61-44(4,5)6)45(7,28-38(51)49-40-47-17-24-62-40)34(31)27-37(36)59-32-13-14-33(35(46)26-32)29-9-11-30(12-10-29)39(52)55-8/h9-14,17,24-27H,15-16,18-23,28H2,1-8H3,(H,48,53)(H,47,49,51)/t45-/m1/s1. The molecule has 2 heterocycles. The molecule has 4 aromatic rings. The molecule has 0 fully saturated rings. The van der Waals surface area contributed by atoms with Crippen LogP contribution in [0.2, 0.25) is 0 Å². The van der Waals surface area contributed by atoms with Gasteiger partial charge < -0.3 is 43.8 Å². The predicted octanol–water partition coefficient (Wildman–Crippen LogP) is 8.50. The molecule has 15 nitrogen and oxygen atoms in total. The molecular weight excluding hydrogens is 824 g/mol. The van der Waals surface area contributed by atoms with Gasteiger partial charge in [-0.2, -0.15) is 0 Å². The van der Waals surface area contributed by atoms with E-state index >= 15 is 4.39 Å². The minimum absolute atomic E-state index is 0.113. The van der Waals surface area contributed by atoms with Gasteiger partial charge in [0, 0.05) is 36.3 Å². The van der Waals surface area contributed by atoms with E-state index in [1.54, 1.807) is 107 Å². The van der Waals surface area contributed by atoms with E-state index in [2.05, 4.69) is 15.6 Å². The highest BCUT2D eigenvalue weighted by Gasteiger charge is 2.45. The molecule has 0 spiro atoms. The number of halogens is 1. The summed E-state index contributed by atoms with van der Waals surface area (Å²) >= 11 is 1.27. The molecule has 5 rings (SSSR count). The number of alkyl carbamates (subject to hydrolysis) is 1. The SMILES string of the molecule is COC(=O)c1ccc(-c2ccc(Oc3cc4c(cc3OCCOCCOCCNC(=O)OC(C)(C)C)CCN(C(=O)OC(C)(C)C)[C@]4(C)CC(=O)Nc3nccs3)cc2F)cc1. The monoisotopic (exact) mass is 878 g/mol. The molecule has 0 saturated heterocycles. The molecule has 2 N–H and O–H groups in total. The highest BCUT2D eigenvalue weighted by molar-refractivity contribution is 7.13. The molecule has 1 aliphatic heterocycles. The summed E-state index contributed by atoms with van der Waals surface area (Å²) < 4.78 is 55.5. The number of nitrogens with one attached hydrogen (secondary N) is 2. The van der Waals surface area contributed by atoms with Crippen LogP contribution in [0, 0.1) is 5.82 Å². The number of hydrogen-bond acceptors (Lipinski definition) is 13. The van der Waals surface area contributed by atoms with Crippen LogP contribution < -0.4 is 20.1 Å². The van der Waals surface area contributed by atoms with E-state index in [1.807, 2.05) is 6.07 Å². The second-order valence-electron chi connectivity index (χ2n) is 16.5. The molecule has 334 valence electrons. The van der Waals surface area contributed by atoms with E-state index < -0.39 is 40.7 Å². The maximum absolute atomic E-state index is 15.8. The van der Waals surface area contributed by atoms with Gasteiger partial charge in [-0.05, 0) is 108 Å². The zero-order valence-corrected chi connectivity index (χ0v) is 37.2. The first kappa shape index (κ1) is 47.3. The lowest BCUT2D eigenvalue weighted by Gasteiger charge is -2.46. The van der Waals surface area contributed by atoms with Crippen molar-refractivity contribution in [2.45, 2.75) is 78.0 Å². The van der Waals surface area contributed by atoms with Gasteiger partial charge in [0.2, 0.25) is 5.91 Å². The Hall–Kier alpha value is -5.78. The molecule has 0 unspecified atom stereocenters. The fraction of sp³-hybridized carbons (Fsp3) is 0.444. The van der Waals surface area contributed by atoms with E-state index in [0.717, 1.165) is 5.56 Å². The van der Waals surface area contributed by atoms with E-state index in [-0.39, 0.29) is 75.5 Å². The van der Waals surface area contributed by atoms with Crippen molar-refractivity contribution >= 4 is 40.5 Å². The van der Waals surface area contributed by atoms with Crippen molar-refractivity contribution < 1.29 is 56.7 Å². The number of methoxy groups -OCH3 is 1. The molecule has 3 aromatic carbocycles. The zero-order valence-electron chi connectivity index (χ0n) is 36.4. The number of fused-ring (bicyclic) bond motifs is 1. The normalized spacial score (nSPS) is 15.0. The highest BCUT2D eigenvalue weighted by Crippen LogP contribution is 2.45. The average molecular weight is 879 g/mol. The Bertz CT molecular complexity index is 2170. The lowest BCUT2D eigenvalue weighted by molar-refractivity contribution is -0.119. The van der Waals surface area contributed by atoms with Crippen LogP contribution >= 0.6 is 11.3 Å². The predicted molar refractivity (Wildman–Crippen MR) is 230 cm³/mol. The summed E-state index contributed by atoms with van der Waals surface area (Å²) in [5.41, 5.74) is -0.0571. The Kier molecular flexibility index (Phi) is 15.9. The molecule has 3 amide bonds. The third-order valence-electron chi connectivity index (χ3n) is 9.30. The van der Waals surface area contributed by atoms with Crippen molar-refractivity contribution in [3.8, 4) is 28.4 Å². The number of thiazole rings is 1. The van der Waals surface area contributed by atoms with Crippen LogP contribution in [0.5, 0.6) is 17.2 Å². The molecule has 0 radical (unpaired) electrons. The number of carbonyl (C=O) groups is 4. The molecular formula is C45H55FN4O11S. The van der Waals surface area contributed by atoms with Crippen LogP contribution in [-0.2, 0) is 40.4 Å². The van der Waals surface area contributed by atoms with E-state index in [4.69, 9.17) is 33.2 Å². The Labute approximate surface area is 365 Å². The van der Waals surface area contributed by atoms with E-state index in [0.29, 0.717) is 34.0 Å². The first-order chi connectivity index (χ1) is 29.3. The van der Waals surface area contributed by atoms with Crippen LogP contribution in [0.4, 0.5) is 19.1 Å². The van der Waals surface area contributed by atoms with Crippen molar-refractivity contribution in [2.75, 3.05) is 58.6 Å². The average Bonchev–Trinajstić information content (AvgIpc) is 3.70. The van der Waals surface area contributed by atoms with Crippen molar-refractivity contribution in [3.63, 3.8) is 0 Å². The maximum atomic E-state index is 15.8. The number of aromatic nitrogens is 1. The zero-order chi connectivity index (χ0) is 45.1. The Morgan fingerprint density at radius 3 is 2.21 bits per heavy atom. The number of hydrogen-bond donors (Lipinski definition) is 2. The summed E-state index contributed by atoms with van der Waals surface area (Å²) in [7, 11) is 1.29. The summed E-state index contributed by atoms with van der Waals surface area (Å²) in [6.45, 7) is 14.1. The number of nitrogens with zero attached hydrogens (tertiary/aromatic N) is 2. The molecule has 0 aliphatic carbocycles. The summed E-state index contributed by atoms with van der Waals surface area (Å²) in [6.07, 6.45) is 0.731. The minimum atomic E-state index is -1.23. The van der Waals surface area contributed by atoms with Gasteiger partial charge in [-0.3, -0.25) is 9.69 Å². The molecule has 1 atom stereocenters. The van der Waals surface area contributed by atoms with Gasteiger partial charge in [-0.25, -0.2) is 23.8 Å². The second kappa shape index (κ2) is 20.9. The molecule has 0 saturated carbocycles. The van der Waals surface area contributed by atoms with Gasteiger partial charge in [-0.1, -0.05) is 12.1 Å². The first-order valence-corrected chi connectivity index (χ1v) is 21.0. The minimum Gasteiger partial charge on any atom is -0.487 e. The van der Waals surface area contributed by atoms with Crippen LogP contribution in [0.1, 0.15) is 76.4 Å². The number of ether oxygens (including phenoxy) is 7. The Morgan fingerprint density at radius 2 is 1.56 bits per heavy atom. The number of amides is 3. The fourth-order valence-electron chi connectivity index (χ4n) is 6.59. The summed E-state index contributed by atoms with van der Waals surface area (Å²) in [5, 5.41) is 7.62. The number of anilines is 1. The van der Waals surface area contributed by atoms with Crippen molar-refractivity contribution in [3.05, 3.63) is 88.7 Å². The smallest absolute Gasteiger partial charge is 0.411 e. The van der Waals surface area contributed by atoms with E-state index in [9.17, 15) is 19.2 Å². The van der Waals surface area contributed by atoms with Gasteiger partial charge in [0.25, 0.3) is 0 Å². The molecule has 0 bridgehead atoms. The second-order valence-corrected chi connectivity index (χ2v) is 17.4. The highest BCUT2D eigenvalue weighted by atomic mass is 32.1. The summed E-state index contributed by atoms with van der Waals surface area (Å²) in [5.74, 6) is -0.762.